The molecule has 136 valence electrons. The topological polar surface area (TPSA) is 90.1 Å². The molecule has 2 aromatic rings. The number of hydrogen-bond donors (Lipinski definition) is 1. The first-order valence-electron chi connectivity index (χ1n) is 7.59. The molecule has 0 radical (unpaired) electrons. The molecule has 0 spiro atoms. The number of nitrogens with zero attached hydrogens (tertiary/aromatic N) is 3. The van der Waals surface area contributed by atoms with Gasteiger partial charge in [0.05, 0.1) is 0 Å². The molecule has 2 aromatic heterocycles. The zero-order chi connectivity index (χ0) is 18.1. The lowest BCUT2D eigenvalue weighted by Gasteiger charge is -2.08. The van der Waals surface area contributed by atoms with Gasteiger partial charge in [0.15, 0.2) is 0 Å². The Labute approximate surface area is 141 Å². The molecule has 10 heteroatoms. The number of amides is 1. The fourth-order valence-corrected chi connectivity index (χ4v) is 1.85. The molecule has 0 aromatic carbocycles. The van der Waals surface area contributed by atoms with Crippen molar-refractivity contribution in [2.75, 3.05) is 19.8 Å². The molecule has 0 aliphatic rings. The van der Waals surface area contributed by atoms with Gasteiger partial charge >= 0.3 is 6.18 Å². The number of carbonyl (C=O) groups is 1. The van der Waals surface area contributed by atoms with Crippen molar-refractivity contribution in [1.82, 2.24) is 20.4 Å². The SMILES string of the molecule is O=C(CCc1nc(-c2ccccn2)no1)NCCCOCC(F)(F)F. The molecule has 1 N–H and O–H groups in total. The van der Waals surface area contributed by atoms with Crippen LogP contribution in [0.2, 0.25) is 0 Å². The molecule has 25 heavy (non-hydrogen) atoms. The second kappa shape index (κ2) is 9.11. The molecule has 0 fully saturated rings. The Balaban J connectivity index is 1.62. The molecule has 2 rings (SSSR count). The summed E-state index contributed by atoms with van der Waals surface area (Å²) in [5, 5.41) is 6.38. The summed E-state index contributed by atoms with van der Waals surface area (Å²) in [5.41, 5.74) is 0.570. The molecule has 0 saturated heterocycles. The number of ether oxygens (including phenoxy) is 1. The maximum absolute atomic E-state index is 11.8. The number of hydrogen-bond acceptors (Lipinski definition) is 6. The Morgan fingerprint density at radius 2 is 2.16 bits per heavy atom. The largest absolute Gasteiger partial charge is 0.411 e. The van der Waals surface area contributed by atoms with E-state index in [1.165, 1.54) is 0 Å². The smallest absolute Gasteiger partial charge is 0.372 e. The number of alkyl halides is 3. The van der Waals surface area contributed by atoms with Crippen LogP contribution in [0.4, 0.5) is 13.2 Å². The van der Waals surface area contributed by atoms with E-state index in [0.29, 0.717) is 23.8 Å². The van der Waals surface area contributed by atoms with E-state index in [9.17, 15) is 18.0 Å². The van der Waals surface area contributed by atoms with E-state index >= 15 is 0 Å². The van der Waals surface area contributed by atoms with Crippen LogP contribution >= 0.6 is 0 Å². The minimum Gasteiger partial charge on any atom is -0.372 e. The summed E-state index contributed by atoms with van der Waals surface area (Å²) in [5.74, 6) is 0.399. The molecule has 1 amide bonds. The number of halogens is 3. The van der Waals surface area contributed by atoms with E-state index in [1.807, 2.05) is 0 Å². The van der Waals surface area contributed by atoms with E-state index in [1.54, 1.807) is 24.4 Å². The second-order valence-corrected chi connectivity index (χ2v) is 5.10. The highest BCUT2D eigenvalue weighted by Crippen LogP contribution is 2.14. The molecule has 0 atom stereocenters. The molecule has 0 aliphatic heterocycles. The van der Waals surface area contributed by atoms with Crippen molar-refractivity contribution in [3.63, 3.8) is 0 Å². The summed E-state index contributed by atoms with van der Waals surface area (Å²) in [4.78, 5) is 19.9. The zero-order valence-corrected chi connectivity index (χ0v) is 13.3. The van der Waals surface area contributed by atoms with Gasteiger partial charge in [-0.25, -0.2) is 0 Å². The van der Waals surface area contributed by atoms with E-state index in [2.05, 4.69) is 25.2 Å². The summed E-state index contributed by atoms with van der Waals surface area (Å²) in [6.45, 7) is -1.12. The van der Waals surface area contributed by atoms with Crippen LogP contribution in [0.15, 0.2) is 28.9 Å². The average Bonchev–Trinajstić information content (AvgIpc) is 3.05. The minimum atomic E-state index is -4.33. The van der Waals surface area contributed by atoms with Crippen molar-refractivity contribution in [3.8, 4) is 11.5 Å². The number of aryl methyl sites for hydroxylation is 1. The maximum Gasteiger partial charge on any atom is 0.411 e. The molecule has 0 saturated carbocycles. The molecule has 0 unspecified atom stereocenters. The fraction of sp³-hybridized carbons (Fsp3) is 0.467. The van der Waals surface area contributed by atoms with Gasteiger partial charge in [-0.1, -0.05) is 11.2 Å². The predicted molar refractivity (Wildman–Crippen MR) is 80.4 cm³/mol. The average molecular weight is 358 g/mol. The third kappa shape index (κ3) is 7.29. The third-order valence-electron chi connectivity index (χ3n) is 2.98. The van der Waals surface area contributed by atoms with Gasteiger partial charge in [-0.05, 0) is 18.6 Å². The maximum atomic E-state index is 11.8. The van der Waals surface area contributed by atoms with Crippen LogP contribution in [0, 0.1) is 0 Å². The number of rotatable bonds is 9. The Bertz CT molecular complexity index is 662. The van der Waals surface area contributed by atoms with Gasteiger partial charge in [0, 0.05) is 32.2 Å². The summed E-state index contributed by atoms with van der Waals surface area (Å²) >= 11 is 0. The van der Waals surface area contributed by atoms with Crippen molar-refractivity contribution < 1.29 is 27.2 Å². The van der Waals surface area contributed by atoms with Gasteiger partial charge in [0.2, 0.25) is 17.6 Å². The van der Waals surface area contributed by atoms with Gasteiger partial charge in [-0.3, -0.25) is 9.78 Å². The van der Waals surface area contributed by atoms with E-state index in [4.69, 9.17) is 4.52 Å². The highest BCUT2D eigenvalue weighted by atomic mass is 19.4. The van der Waals surface area contributed by atoms with E-state index < -0.39 is 12.8 Å². The Morgan fingerprint density at radius 1 is 1.32 bits per heavy atom. The first kappa shape index (κ1) is 18.8. The summed E-state index contributed by atoms with van der Waals surface area (Å²) in [7, 11) is 0. The van der Waals surface area contributed by atoms with Crippen LogP contribution in [0.25, 0.3) is 11.5 Å². The standard InChI is InChI=1S/C15H17F3N4O3/c16-15(17,18)10-24-9-3-8-20-12(23)5-6-13-21-14(22-25-13)11-4-1-2-7-19-11/h1-2,4,7H,3,5-6,8-10H2,(H,20,23). The minimum absolute atomic E-state index is 0.0725. The number of aromatic nitrogens is 3. The van der Waals surface area contributed by atoms with Crippen molar-refractivity contribution in [2.24, 2.45) is 0 Å². The zero-order valence-electron chi connectivity index (χ0n) is 13.3. The highest BCUT2D eigenvalue weighted by Gasteiger charge is 2.27. The fourth-order valence-electron chi connectivity index (χ4n) is 1.85. The van der Waals surface area contributed by atoms with E-state index in [-0.39, 0.29) is 31.9 Å². The van der Waals surface area contributed by atoms with Gasteiger partial charge in [0.25, 0.3) is 0 Å². The van der Waals surface area contributed by atoms with Crippen molar-refractivity contribution >= 4 is 5.91 Å². The van der Waals surface area contributed by atoms with Crippen LogP contribution in [-0.2, 0) is 16.0 Å². The first-order valence-corrected chi connectivity index (χ1v) is 7.59. The predicted octanol–water partition coefficient (Wildman–Crippen LogP) is 2.15. The monoisotopic (exact) mass is 358 g/mol. The van der Waals surface area contributed by atoms with Crippen molar-refractivity contribution in [3.05, 3.63) is 30.3 Å². The van der Waals surface area contributed by atoms with E-state index in [0.717, 1.165) is 0 Å². The molecule has 0 aliphatic carbocycles. The Morgan fingerprint density at radius 3 is 2.88 bits per heavy atom. The Kier molecular flexibility index (Phi) is 6.87. The molecular formula is C15H17F3N4O3. The summed E-state index contributed by atoms with van der Waals surface area (Å²) < 4.78 is 45.0. The lowest BCUT2D eigenvalue weighted by Crippen LogP contribution is -2.26. The van der Waals surface area contributed by atoms with Crippen molar-refractivity contribution in [1.29, 1.82) is 0 Å². The number of nitrogens with one attached hydrogen (secondary N) is 1. The highest BCUT2D eigenvalue weighted by molar-refractivity contribution is 5.75. The molecule has 2 heterocycles. The Hall–Kier alpha value is -2.49. The normalized spacial score (nSPS) is 11.5. The molecular weight excluding hydrogens is 341 g/mol. The van der Waals surface area contributed by atoms with Crippen LogP contribution in [0.1, 0.15) is 18.7 Å². The molecule has 0 bridgehead atoms. The number of pyridine rings is 1. The number of carbonyl (C=O) groups excluding carboxylic acids is 1. The summed E-state index contributed by atoms with van der Waals surface area (Å²) in [6, 6.07) is 5.30. The quantitative estimate of drug-likeness (QED) is 0.691. The van der Waals surface area contributed by atoms with Gasteiger partial charge in [-0.15, -0.1) is 0 Å². The molecule has 7 nitrogen and oxygen atoms in total. The van der Waals surface area contributed by atoms with Gasteiger partial charge in [-0.2, -0.15) is 18.2 Å². The van der Waals surface area contributed by atoms with Crippen LogP contribution in [-0.4, -0.2) is 47.0 Å². The first-order chi connectivity index (χ1) is 11.9. The second-order valence-electron chi connectivity index (χ2n) is 5.10. The van der Waals surface area contributed by atoms with Crippen LogP contribution < -0.4 is 5.32 Å². The van der Waals surface area contributed by atoms with Gasteiger partial charge in [0.1, 0.15) is 12.3 Å². The van der Waals surface area contributed by atoms with Crippen molar-refractivity contribution in [2.45, 2.75) is 25.4 Å². The lowest BCUT2D eigenvalue weighted by atomic mass is 10.3. The van der Waals surface area contributed by atoms with Crippen LogP contribution in [0.3, 0.4) is 0 Å². The third-order valence-corrected chi connectivity index (χ3v) is 2.98. The lowest BCUT2D eigenvalue weighted by molar-refractivity contribution is -0.174. The summed E-state index contributed by atoms with van der Waals surface area (Å²) in [6.07, 6.45) is -2.03. The van der Waals surface area contributed by atoms with Crippen LogP contribution in [0.5, 0.6) is 0 Å². The van der Waals surface area contributed by atoms with Gasteiger partial charge < -0.3 is 14.6 Å².